The van der Waals surface area contributed by atoms with E-state index >= 15 is 0 Å². The number of β-amino-alcohol motifs (C(OH)–C–C–N with tert-alkyl or cyclic N) is 1. The first kappa shape index (κ1) is 19.0. The maximum absolute atomic E-state index is 12.5. The molecule has 2 rings (SSSR count). The van der Waals surface area contributed by atoms with E-state index in [0.29, 0.717) is 6.54 Å². The predicted molar refractivity (Wildman–Crippen MR) is 98.0 cm³/mol. The van der Waals surface area contributed by atoms with Crippen LogP contribution in [0.25, 0.3) is 0 Å². The van der Waals surface area contributed by atoms with E-state index in [-0.39, 0.29) is 24.0 Å². The lowest BCUT2D eigenvalue weighted by molar-refractivity contribution is -0.112. The summed E-state index contributed by atoms with van der Waals surface area (Å²) in [6.07, 6.45) is 1.64. The molecule has 1 amide bonds. The van der Waals surface area contributed by atoms with Crippen molar-refractivity contribution in [2.75, 3.05) is 44.6 Å². The lowest BCUT2D eigenvalue weighted by Gasteiger charge is -2.33. The Morgan fingerprint density at radius 1 is 1.32 bits per heavy atom. The first-order valence-electron chi connectivity index (χ1n) is 8.64. The van der Waals surface area contributed by atoms with E-state index in [1.807, 2.05) is 35.2 Å². The molecule has 1 heterocycles. The van der Waals surface area contributed by atoms with Gasteiger partial charge in [0.25, 0.3) is 5.91 Å². The number of nitrogens with zero attached hydrogens (tertiary/aromatic N) is 3. The van der Waals surface area contributed by atoms with Gasteiger partial charge in [-0.15, -0.1) is 0 Å². The molecule has 6 nitrogen and oxygen atoms in total. The van der Waals surface area contributed by atoms with Crippen LogP contribution in [0.4, 0.5) is 5.69 Å². The van der Waals surface area contributed by atoms with Gasteiger partial charge in [0.2, 0.25) is 0 Å². The van der Waals surface area contributed by atoms with E-state index in [0.717, 1.165) is 37.4 Å². The van der Waals surface area contributed by atoms with Crippen molar-refractivity contribution in [2.24, 2.45) is 0 Å². The minimum absolute atomic E-state index is 0.106. The molecule has 1 saturated heterocycles. The molecule has 1 aromatic carbocycles. The Morgan fingerprint density at radius 2 is 2.00 bits per heavy atom. The zero-order chi connectivity index (χ0) is 18.2. The number of anilines is 1. The average molecular weight is 342 g/mol. The molecule has 0 unspecified atom stereocenters. The zero-order valence-corrected chi connectivity index (χ0v) is 14.9. The summed E-state index contributed by atoms with van der Waals surface area (Å²) in [5.74, 6) is -0.0981. The molecule has 1 aromatic rings. The SMILES string of the molecule is CC(C)c1ccccc1NC(=O)/C(C#N)=C\N1CCN(CCO)CC1. The molecule has 0 atom stereocenters. The Hall–Kier alpha value is -2.36. The molecule has 0 radical (unpaired) electrons. The highest BCUT2D eigenvalue weighted by Gasteiger charge is 2.18. The summed E-state index contributed by atoms with van der Waals surface area (Å²) in [7, 11) is 0. The molecule has 134 valence electrons. The number of piperazine rings is 1. The smallest absolute Gasteiger partial charge is 0.267 e. The minimum atomic E-state index is -0.381. The summed E-state index contributed by atoms with van der Waals surface area (Å²) in [6.45, 7) is 8.05. The van der Waals surface area contributed by atoms with Gasteiger partial charge in [-0.2, -0.15) is 5.26 Å². The summed E-state index contributed by atoms with van der Waals surface area (Å²) in [4.78, 5) is 16.6. The standard InChI is InChI=1S/C19H26N4O2/c1-15(2)17-5-3-4-6-18(17)21-19(25)16(13-20)14-23-9-7-22(8-10-23)11-12-24/h3-6,14-15,24H,7-12H2,1-2H3,(H,21,25)/b16-14-. The normalized spacial score (nSPS) is 16.0. The Bertz CT molecular complexity index is 656. The maximum atomic E-state index is 12.5. The number of rotatable bonds is 6. The second kappa shape index (κ2) is 9.21. The van der Waals surface area contributed by atoms with Crippen molar-refractivity contribution < 1.29 is 9.90 Å². The number of aliphatic hydroxyl groups is 1. The summed E-state index contributed by atoms with van der Waals surface area (Å²) in [5.41, 5.74) is 1.90. The van der Waals surface area contributed by atoms with Gasteiger partial charge in [0, 0.05) is 44.6 Å². The third kappa shape index (κ3) is 5.31. The van der Waals surface area contributed by atoms with Crippen LogP contribution in [0.15, 0.2) is 36.0 Å². The number of benzene rings is 1. The van der Waals surface area contributed by atoms with Crippen molar-refractivity contribution in [1.82, 2.24) is 9.80 Å². The molecule has 1 fully saturated rings. The van der Waals surface area contributed by atoms with Crippen LogP contribution in [0.2, 0.25) is 0 Å². The number of hydrogen-bond donors (Lipinski definition) is 2. The molecular formula is C19H26N4O2. The molecule has 0 bridgehead atoms. The van der Waals surface area contributed by atoms with Crippen LogP contribution in [0, 0.1) is 11.3 Å². The van der Waals surface area contributed by atoms with Gasteiger partial charge >= 0.3 is 0 Å². The number of nitrogens with one attached hydrogen (secondary N) is 1. The van der Waals surface area contributed by atoms with Crippen LogP contribution >= 0.6 is 0 Å². The number of hydrogen-bond acceptors (Lipinski definition) is 5. The van der Waals surface area contributed by atoms with Crippen LogP contribution in [0.1, 0.15) is 25.3 Å². The molecule has 0 saturated carbocycles. The number of carbonyl (C=O) groups excluding carboxylic acids is 1. The summed E-state index contributed by atoms with van der Waals surface area (Å²) >= 11 is 0. The third-order valence-corrected chi connectivity index (χ3v) is 4.33. The topological polar surface area (TPSA) is 79.6 Å². The quantitative estimate of drug-likeness (QED) is 0.608. The number of amides is 1. The summed E-state index contributed by atoms with van der Waals surface area (Å²) in [6, 6.07) is 9.66. The van der Waals surface area contributed by atoms with Crippen molar-refractivity contribution in [1.29, 1.82) is 5.26 Å². The van der Waals surface area contributed by atoms with Crippen molar-refractivity contribution in [3.05, 3.63) is 41.6 Å². The van der Waals surface area contributed by atoms with Crippen molar-refractivity contribution >= 4 is 11.6 Å². The summed E-state index contributed by atoms with van der Waals surface area (Å²) < 4.78 is 0. The van der Waals surface area contributed by atoms with Gasteiger partial charge in [0.05, 0.1) is 6.61 Å². The highest BCUT2D eigenvalue weighted by molar-refractivity contribution is 6.06. The van der Waals surface area contributed by atoms with E-state index in [4.69, 9.17) is 5.11 Å². The molecule has 6 heteroatoms. The van der Waals surface area contributed by atoms with Crippen LogP contribution in [0.5, 0.6) is 0 Å². The van der Waals surface area contributed by atoms with E-state index < -0.39 is 0 Å². The van der Waals surface area contributed by atoms with Gasteiger partial charge in [0.15, 0.2) is 0 Å². The lowest BCUT2D eigenvalue weighted by atomic mass is 10.0. The average Bonchev–Trinajstić information content (AvgIpc) is 2.61. The molecule has 1 aliphatic rings. The van der Waals surface area contributed by atoms with Gasteiger partial charge in [-0.25, -0.2) is 0 Å². The number of para-hydroxylation sites is 1. The third-order valence-electron chi connectivity index (χ3n) is 4.33. The van der Waals surface area contributed by atoms with Crippen LogP contribution < -0.4 is 5.32 Å². The van der Waals surface area contributed by atoms with Crippen LogP contribution in [0.3, 0.4) is 0 Å². The van der Waals surface area contributed by atoms with E-state index in [1.165, 1.54) is 0 Å². The van der Waals surface area contributed by atoms with Gasteiger partial charge in [-0.05, 0) is 17.5 Å². The lowest BCUT2D eigenvalue weighted by Crippen LogP contribution is -2.45. The van der Waals surface area contributed by atoms with Crippen LogP contribution in [-0.2, 0) is 4.79 Å². The van der Waals surface area contributed by atoms with E-state index in [1.54, 1.807) is 6.20 Å². The second-order valence-electron chi connectivity index (χ2n) is 6.45. The van der Waals surface area contributed by atoms with Crippen molar-refractivity contribution in [3.8, 4) is 6.07 Å². The van der Waals surface area contributed by atoms with Gasteiger partial charge < -0.3 is 15.3 Å². The first-order valence-corrected chi connectivity index (χ1v) is 8.64. The maximum Gasteiger partial charge on any atom is 0.267 e. The van der Waals surface area contributed by atoms with Gasteiger partial charge in [-0.3, -0.25) is 9.69 Å². The largest absolute Gasteiger partial charge is 0.395 e. The fourth-order valence-corrected chi connectivity index (χ4v) is 2.88. The molecule has 1 aliphatic heterocycles. The zero-order valence-electron chi connectivity index (χ0n) is 14.9. The fraction of sp³-hybridized carbons (Fsp3) is 0.474. The molecule has 0 aliphatic carbocycles. The van der Waals surface area contributed by atoms with Crippen molar-refractivity contribution in [2.45, 2.75) is 19.8 Å². The van der Waals surface area contributed by atoms with Gasteiger partial charge in [0.1, 0.15) is 11.6 Å². The molecular weight excluding hydrogens is 316 g/mol. The monoisotopic (exact) mass is 342 g/mol. The number of nitriles is 1. The van der Waals surface area contributed by atoms with Gasteiger partial charge in [-0.1, -0.05) is 32.0 Å². The van der Waals surface area contributed by atoms with E-state index in [9.17, 15) is 10.1 Å². The highest BCUT2D eigenvalue weighted by Crippen LogP contribution is 2.24. The molecule has 2 N–H and O–H groups in total. The number of carbonyl (C=O) groups is 1. The van der Waals surface area contributed by atoms with Crippen molar-refractivity contribution in [3.63, 3.8) is 0 Å². The number of aliphatic hydroxyl groups excluding tert-OH is 1. The fourth-order valence-electron chi connectivity index (χ4n) is 2.88. The molecule has 0 aromatic heterocycles. The van der Waals surface area contributed by atoms with E-state index in [2.05, 4.69) is 24.1 Å². The minimum Gasteiger partial charge on any atom is -0.395 e. The Balaban J connectivity index is 2.03. The Kier molecular flexibility index (Phi) is 6.99. The predicted octanol–water partition coefficient (Wildman–Crippen LogP) is 1.77. The Labute approximate surface area is 149 Å². The molecule has 25 heavy (non-hydrogen) atoms. The highest BCUT2D eigenvalue weighted by atomic mass is 16.3. The second-order valence-corrected chi connectivity index (χ2v) is 6.45. The molecule has 0 spiro atoms. The summed E-state index contributed by atoms with van der Waals surface area (Å²) in [5, 5.41) is 21.2. The first-order chi connectivity index (χ1) is 12.0. The van der Waals surface area contributed by atoms with Crippen LogP contribution in [-0.4, -0.2) is 60.1 Å². The Morgan fingerprint density at radius 3 is 2.60 bits per heavy atom.